The topological polar surface area (TPSA) is 56.3 Å². The van der Waals surface area contributed by atoms with Gasteiger partial charge < -0.3 is 4.74 Å². The second-order valence-corrected chi connectivity index (χ2v) is 5.81. The van der Waals surface area contributed by atoms with Crippen LogP contribution in [0.25, 0.3) is 10.2 Å². The van der Waals surface area contributed by atoms with Crippen LogP contribution in [-0.2, 0) is 4.74 Å². The van der Waals surface area contributed by atoms with E-state index in [2.05, 4.69) is 4.98 Å². The first kappa shape index (κ1) is 13.0. The van der Waals surface area contributed by atoms with Crippen molar-refractivity contribution in [2.45, 2.75) is 0 Å². The first-order chi connectivity index (χ1) is 9.74. The van der Waals surface area contributed by atoms with Gasteiger partial charge in [-0.3, -0.25) is 4.79 Å². The molecule has 0 amide bonds. The molecule has 0 aliphatic rings. The van der Waals surface area contributed by atoms with Gasteiger partial charge in [-0.05, 0) is 23.6 Å². The van der Waals surface area contributed by atoms with Crippen LogP contribution in [0.2, 0.25) is 0 Å². The maximum absolute atomic E-state index is 11.9. The van der Waals surface area contributed by atoms with Crippen molar-refractivity contribution in [3.8, 4) is 0 Å². The predicted molar refractivity (Wildman–Crippen MR) is 78.6 cm³/mol. The van der Waals surface area contributed by atoms with E-state index >= 15 is 0 Å². The van der Waals surface area contributed by atoms with Crippen LogP contribution in [0.5, 0.6) is 0 Å². The molecule has 0 atom stereocenters. The van der Waals surface area contributed by atoms with Crippen LogP contribution in [0.4, 0.5) is 0 Å². The van der Waals surface area contributed by atoms with Crippen molar-refractivity contribution in [3.05, 3.63) is 51.7 Å². The van der Waals surface area contributed by atoms with Crippen LogP contribution in [0.15, 0.2) is 41.1 Å². The van der Waals surface area contributed by atoms with Crippen LogP contribution < -0.4 is 0 Å². The van der Waals surface area contributed by atoms with Crippen LogP contribution >= 0.6 is 22.7 Å². The van der Waals surface area contributed by atoms with Gasteiger partial charge >= 0.3 is 5.97 Å². The fraction of sp³-hybridized carbons (Fsp3) is 0.0714. The lowest BCUT2D eigenvalue weighted by Gasteiger charge is -2.00. The summed E-state index contributed by atoms with van der Waals surface area (Å²) >= 11 is 2.69. The number of Topliss-reactive ketones (excluding diaryl/α,β-unsaturated/α-hetero) is 1. The Bertz CT molecular complexity index is 729. The summed E-state index contributed by atoms with van der Waals surface area (Å²) in [6.45, 7) is -0.258. The Morgan fingerprint density at radius 2 is 2.05 bits per heavy atom. The number of thiazole rings is 1. The quantitative estimate of drug-likeness (QED) is 0.547. The fourth-order valence-corrected chi connectivity index (χ4v) is 3.18. The standard InChI is InChI=1S/C14H9NO3S2/c16-11(9-5-6-19-8-9)7-18-14(17)13-15-10-3-1-2-4-12(10)20-13/h1-6,8H,7H2. The number of carbonyl (C=O) groups is 2. The first-order valence-corrected chi connectivity index (χ1v) is 7.58. The van der Waals surface area contributed by atoms with E-state index in [1.807, 2.05) is 29.6 Å². The van der Waals surface area contributed by atoms with Crippen molar-refractivity contribution in [1.29, 1.82) is 0 Å². The molecule has 0 aliphatic heterocycles. The third kappa shape index (κ3) is 2.61. The molecule has 0 spiro atoms. The number of hydrogen-bond donors (Lipinski definition) is 0. The van der Waals surface area contributed by atoms with Gasteiger partial charge in [0.05, 0.1) is 10.2 Å². The molecule has 0 bridgehead atoms. The Labute approximate surface area is 122 Å². The summed E-state index contributed by atoms with van der Waals surface area (Å²) in [6, 6.07) is 9.17. The number of esters is 1. The minimum Gasteiger partial charge on any atom is -0.452 e. The summed E-state index contributed by atoms with van der Waals surface area (Å²) in [6.07, 6.45) is 0. The molecular weight excluding hydrogens is 294 g/mol. The monoisotopic (exact) mass is 303 g/mol. The van der Waals surface area contributed by atoms with E-state index in [1.165, 1.54) is 22.7 Å². The predicted octanol–water partition coefficient (Wildman–Crippen LogP) is 3.40. The van der Waals surface area contributed by atoms with Gasteiger partial charge in [-0.2, -0.15) is 11.3 Å². The fourth-order valence-electron chi connectivity index (χ4n) is 1.66. The molecule has 0 saturated heterocycles. The number of fused-ring (bicyclic) bond motifs is 1. The summed E-state index contributed by atoms with van der Waals surface area (Å²) in [7, 11) is 0. The second-order valence-electron chi connectivity index (χ2n) is 4.00. The van der Waals surface area contributed by atoms with Gasteiger partial charge in [0.1, 0.15) is 0 Å². The van der Waals surface area contributed by atoms with Gasteiger partial charge in [0.2, 0.25) is 10.8 Å². The zero-order chi connectivity index (χ0) is 13.9. The minimum atomic E-state index is -0.560. The molecule has 0 N–H and O–H groups in total. The molecule has 2 heterocycles. The average molecular weight is 303 g/mol. The van der Waals surface area contributed by atoms with Crippen molar-refractivity contribution in [2.75, 3.05) is 6.61 Å². The van der Waals surface area contributed by atoms with Gasteiger partial charge in [0.15, 0.2) is 6.61 Å². The number of nitrogens with zero attached hydrogens (tertiary/aromatic N) is 1. The van der Waals surface area contributed by atoms with E-state index in [9.17, 15) is 9.59 Å². The first-order valence-electron chi connectivity index (χ1n) is 5.82. The highest BCUT2D eigenvalue weighted by atomic mass is 32.1. The van der Waals surface area contributed by atoms with Crippen molar-refractivity contribution in [3.63, 3.8) is 0 Å². The normalized spacial score (nSPS) is 10.6. The Morgan fingerprint density at radius 1 is 1.20 bits per heavy atom. The Hall–Kier alpha value is -2.05. The van der Waals surface area contributed by atoms with Crippen LogP contribution in [-0.4, -0.2) is 23.3 Å². The molecule has 0 fully saturated rings. The summed E-state index contributed by atoms with van der Waals surface area (Å²) in [5.41, 5.74) is 1.32. The zero-order valence-corrected chi connectivity index (χ0v) is 11.9. The SMILES string of the molecule is O=C(COC(=O)c1nc2ccccc2s1)c1ccsc1. The Kier molecular flexibility index (Phi) is 3.58. The number of thiophene rings is 1. The molecule has 4 nitrogen and oxygen atoms in total. The number of carbonyl (C=O) groups excluding carboxylic acids is 2. The molecule has 1 aromatic carbocycles. The third-order valence-electron chi connectivity index (χ3n) is 2.65. The lowest BCUT2D eigenvalue weighted by Crippen LogP contribution is -2.13. The summed E-state index contributed by atoms with van der Waals surface area (Å²) < 4.78 is 5.93. The van der Waals surface area contributed by atoms with Gasteiger partial charge in [0.25, 0.3) is 0 Å². The molecule has 0 saturated carbocycles. The zero-order valence-electron chi connectivity index (χ0n) is 10.2. The van der Waals surface area contributed by atoms with E-state index in [-0.39, 0.29) is 17.4 Å². The third-order valence-corrected chi connectivity index (χ3v) is 4.35. The summed E-state index contributed by atoms with van der Waals surface area (Å²) in [5.74, 6) is -0.768. The summed E-state index contributed by atoms with van der Waals surface area (Å²) in [5, 5.41) is 3.81. The highest BCUT2D eigenvalue weighted by Crippen LogP contribution is 2.22. The molecular formula is C14H9NO3S2. The van der Waals surface area contributed by atoms with Crippen LogP contribution in [0, 0.1) is 0 Å². The molecule has 3 rings (SSSR count). The number of para-hydroxylation sites is 1. The van der Waals surface area contributed by atoms with Crippen molar-refractivity contribution in [1.82, 2.24) is 4.98 Å². The number of benzene rings is 1. The highest BCUT2D eigenvalue weighted by Gasteiger charge is 2.16. The van der Waals surface area contributed by atoms with E-state index in [0.29, 0.717) is 5.56 Å². The van der Waals surface area contributed by atoms with Crippen LogP contribution in [0.1, 0.15) is 20.2 Å². The number of rotatable bonds is 4. The molecule has 20 heavy (non-hydrogen) atoms. The minimum absolute atomic E-state index is 0.208. The van der Waals surface area contributed by atoms with E-state index in [4.69, 9.17) is 4.74 Å². The van der Waals surface area contributed by atoms with Gasteiger partial charge in [-0.25, -0.2) is 9.78 Å². The summed E-state index contributed by atoms with van der Waals surface area (Å²) in [4.78, 5) is 27.8. The molecule has 0 unspecified atom stereocenters. The van der Waals surface area contributed by atoms with Gasteiger partial charge in [-0.15, -0.1) is 11.3 Å². The van der Waals surface area contributed by atoms with E-state index in [1.54, 1.807) is 11.4 Å². The van der Waals surface area contributed by atoms with Crippen molar-refractivity contribution in [2.24, 2.45) is 0 Å². The maximum Gasteiger partial charge on any atom is 0.367 e. The molecule has 2 aromatic heterocycles. The lowest BCUT2D eigenvalue weighted by molar-refractivity contribution is 0.0475. The molecule has 3 aromatic rings. The van der Waals surface area contributed by atoms with Gasteiger partial charge in [0, 0.05) is 10.9 Å². The molecule has 0 radical (unpaired) electrons. The van der Waals surface area contributed by atoms with E-state index in [0.717, 1.165) is 10.2 Å². The van der Waals surface area contributed by atoms with Crippen molar-refractivity contribution < 1.29 is 14.3 Å². The smallest absolute Gasteiger partial charge is 0.367 e. The lowest BCUT2D eigenvalue weighted by atomic mass is 10.2. The number of hydrogen-bond acceptors (Lipinski definition) is 6. The second kappa shape index (κ2) is 5.52. The number of aromatic nitrogens is 1. The Morgan fingerprint density at radius 3 is 2.80 bits per heavy atom. The number of ether oxygens (including phenoxy) is 1. The largest absolute Gasteiger partial charge is 0.452 e. The van der Waals surface area contributed by atoms with Crippen LogP contribution in [0.3, 0.4) is 0 Å². The Balaban J connectivity index is 1.68. The average Bonchev–Trinajstić information content (AvgIpc) is 3.12. The van der Waals surface area contributed by atoms with E-state index < -0.39 is 5.97 Å². The molecule has 6 heteroatoms. The molecule has 0 aliphatic carbocycles. The van der Waals surface area contributed by atoms with Crippen molar-refractivity contribution >= 4 is 44.6 Å². The van der Waals surface area contributed by atoms with Gasteiger partial charge in [-0.1, -0.05) is 12.1 Å². The maximum atomic E-state index is 11.9. The highest BCUT2D eigenvalue weighted by molar-refractivity contribution is 7.20. The molecule has 100 valence electrons. The number of ketones is 1.